The molecule has 0 saturated carbocycles. The third-order valence-electron chi connectivity index (χ3n) is 2.47. The number of carboxylic acids is 1. The average molecular weight is 299 g/mol. The third-order valence-corrected chi connectivity index (χ3v) is 3.72. The first kappa shape index (κ1) is 14.1. The lowest BCUT2D eigenvalue weighted by Gasteiger charge is -2.06. The standard InChI is InChI=1S/C12H10FNO5S/c1-7-6-8(2-3-9(7)13)14-20(17,18)11-5-4-10(19-11)12(15)16/h2-6,14H,1H3,(H,15,16). The van der Waals surface area contributed by atoms with Crippen LogP contribution in [0, 0.1) is 12.7 Å². The number of nitrogens with one attached hydrogen (secondary N) is 1. The molecule has 2 N–H and O–H groups in total. The van der Waals surface area contributed by atoms with E-state index in [1.165, 1.54) is 19.1 Å². The summed E-state index contributed by atoms with van der Waals surface area (Å²) in [5.41, 5.74) is 0.424. The molecule has 1 heterocycles. The van der Waals surface area contributed by atoms with E-state index in [4.69, 9.17) is 9.52 Å². The minimum absolute atomic E-state index is 0.150. The number of aromatic carboxylic acids is 1. The van der Waals surface area contributed by atoms with Crippen LogP contribution in [0.3, 0.4) is 0 Å². The maximum Gasteiger partial charge on any atom is 0.371 e. The van der Waals surface area contributed by atoms with E-state index in [9.17, 15) is 17.6 Å². The lowest BCUT2D eigenvalue weighted by Crippen LogP contribution is -2.12. The first-order valence-corrected chi connectivity index (χ1v) is 6.90. The van der Waals surface area contributed by atoms with E-state index in [0.717, 1.165) is 18.2 Å². The van der Waals surface area contributed by atoms with Crippen molar-refractivity contribution < 1.29 is 27.1 Å². The van der Waals surface area contributed by atoms with Gasteiger partial charge in [0.25, 0.3) is 10.0 Å². The Bertz CT molecular complexity index is 766. The molecule has 0 aliphatic rings. The van der Waals surface area contributed by atoms with Crippen molar-refractivity contribution in [1.29, 1.82) is 0 Å². The summed E-state index contributed by atoms with van der Waals surface area (Å²) in [6.45, 7) is 1.49. The topological polar surface area (TPSA) is 96.6 Å². The number of furan rings is 1. The van der Waals surface area contributed by atoms with E-state index in [1.807, 2.05) is 0 Å². The van der Waals surface area contributed by atoms with Gasteiger partial charge in [0.2, 0.25) is 10.9 Å². The van der Waals surface area contributed by atoms with Crippen molar-refractivity contribution in [1.82, 2.24) is 0 Å². The van der Waals surface area contributed by atoms with Gasteiger partial charge in [-0.3, -0.25) is 4.72 Å². The third kappa shape index (κ3) is 2.80. The highest BCUT2D eigenvalue weighted by Gasteiger charge is 2.21. The predicted octanol–water partition coefficient (Wildman–Crippen LogP) is 2.23. The summed E-state index contributed by atoms with van der Waals surface area (Å²) in [5.74, 6) is -2.32. The number of benzene rings is 1. The summed E-state index contributed by atoms with van der Waals surface area (Å²) < 4.78 is 43.9. The number of halogens is 1. The normalized spacial score (nSPS) is 11.3. The molecule has 106 valence electrons. The Hall–Kier alpha value is -2.35. The van der Waals surface area contributed by atoms with Crippen molar-refractivity contribution >= 4 is 21.7 Å². The summed E-state index contributed by atoms with van der Waals surface area (Å²) in [5, 5.41) is 8.14. The van der Waals surface area contributed by atoms with Gasteiger partial charge in [-0.1, -0.05) is 0 Å². The molecule has 0 spiro atoms. The Morgan fingerprint density at radius 1 is 1.30 bits per heavy atom. The van der Waals surface area contributed by atoms with Crippen molar-refractivity contribution in [3.63, 3.8) is 0 Å². The predicted molar refractivity (Wildman–Crippen MR) is 67.6 cm³/mol. The van der Waals surface area contributed by atoms with Gasteiger partial charge in [-0.05, 0) is 42.8 Å². The molecular formula is C12H10FNO5S. The molecule has 0 atom stereocenters. The summed E-state index contributed by atoms with van der Waals surface area (Å²) in [6, 6.07) is 5.75. The molecule has 1 aromatic heterocycles. The molecular weight excluding hydrogens is 289 g/mol. The fourth-order valence-corrected chi connectivity index (χ4v) is 2.48. The number of rotatable bonds is 4. The summed E-state index contributed by atoms with van der Waals surface area (Å²) in [4.78, 5) is 10.6. The van der Waals surface area contributed by atoms with E-state index in [1.54, 1.807) is 0 Å². The number of aryl methyl sites for hydroxylation is 1. The van der Waals surface area contributed by atoms with Crippen molar-refractivity contribution in [3.05, 3.63) is 47.5 Å². The number of hydrogen-bond donors (Lipinski definition) is 2. The Morgan fingerprint density at radius 3 is 2.55 bits per heavy atom. The van der Waals surface area contributed by atoms with Gasteiger partial charge in [0, 0.05) is 5.69 Å². The quantitative estimate of drug-likeness (QED) is 0.902. The SMILES string of the molecule is Cc1cc(NS(=O)(=O)c2ccc(C(=O)O)o2)ccc1F. The lowest BCUT2D eigenvalue weighted by atomic mass is 10.2. The van der Waals surface area contributed by atoms with Crippen LogP contribution in [0.4, 0.5) is 10.1 Å². The average Bonchev–Trinajstić information content (AvgIpc) is 2.84. The monoisotopic (exact) mass is 299 g/mol. The number of sulfonamides is 1. The highest BCUT2D eigenvalue weighted by Crippen LogP contribution is 2.20. The number of anilines is 1. The van der Waals surface area contributed by atoms with Crippen molar-refractivity contribution in [2.75, 3.05) is 4.72 Å². The molecule has 0 unspecified atom stereocenters. The van der Waals surface area contributed by atoms with Crippen LogP contribution in [0.5, 0.6) is 0 Å². The molecule has 2 rings (SSSR count). The van der Waals surface area contributed by atoms with Gasteiger partial charge in [0.15, 0.2) is 0 Å². The van der Waals surface area contributed by atoms with Gasteiger partial charge in [0.05, 0.1) is 0 Å². The molecule has 1 aromatic carbocycles. The zero-order chi connectivity index (χ0) is 14.9. The second-order valence-electron chi connectivity index (χ2n) is 3.99. The van der Waals surface area contributed by atoms with E-state index >= 15 is 0 Å². The summed E-state index contributed by atoms with van der Waals surface area (Å²) >= 11 is 0. The van der Waals surface area contributed by atoms with Crippen molar-refractivity contribution in [2.45, 2.75) is 12.0 Å². The van der Waals surface area contributed by atoms with Gasteiger partial charge in [-0.2, -0.15) is 8.42 Å². The number of hydrogen-bond acceptors (Lipinski definition) is 4. The van der Waals surface area contributed by atoms with Gasteiger partial charge in [-0.25, -0.2) is 9.18 Å². The van der Waals surface area contributed by atoms with Gasteiger partial charge >= 0.3 is 5.97 Å². The summed E-state index contributed by atoms with van der Waals surface area (Å²) in [6.07, 6.45) is 0. The fourth-order valence-electron chi connectivity index (χ4n) is 1.49. The first-order valence-electron chi connectivity index (χ1n) is 5.42. The molecule has 0 aliphatic heterocycles. The molecule has 0 bridgehead atoms. The van der Waals surface area contributed by atoms with E-state index < -0.39 is 32.7 Å². The van der Waals surface area contributed by atoms with Crippen LogP contribution < -0.4 is 4.72 Å². The van der Waals surface area contributed by atoms with Crippen LogP contribution in [0.1, 0.15) is 16.1 Å². The first-order chi connectivity index (χ1) is 9.29. The Balaban J connectivity index is 2.30. The Labute approximate surface area is 113 Å². The lowest BCUT2D eigenvalue weighted by molar-refractivity contribution is 0.0656. The fraction of sp³-hybridized carbons (Fsp3) is 0.0833. The molecule has 8 heteroatoms. The van der Waals surface area contributed by atoms with E-state index in [0.29, 0.717) is 0 Å². The molecule has 0 aliphatic carbocycles. The van der Waals surface area contributed by atoms with Crippen LogP contribution in [0.15, 0.2) is 39.8 Å². The van der Waals surface area contributed by atoms with Crippen LogP contribution >= 0.6 is 0 Å². The molecule has 0 saturated heterocycles. The van der Waals surface area contributed by atoms with E-state index in [2.05, 4.69) is 4.72 Å². The second-order valence-corrected chi connectivity index (χ2v) is 5.61. The van der Waals surface area contributed by atoms with Crippen LogP contribution in [0.2, 0.25) is 0 Å². The van der Waals surface area contributed by atoms with Gasteiger partial charge in [-0.15, -0.1) is 0 Å². The highest BCUT2D eigenvalue weighted by atomic mass is 32.2. The Morgan fingerprint density at radius 2 is 2.00 bits per heavy atom. The van der Waals surface area contributed by atoms with Gasteiger partial charge < -0.3 is 9.52 Å². The molecule has 0 amide bonds. The van der Waals surface area contributed by atoms with Crippen LogP contribution in [0.25, 0.3) is 0 Å². The number of carbonyl (C=O) groups is 1. The zero-order valence-corrected chi connectivity index (χ0v) is 11.1. The maximum atomic E-state index is 13.1. The molecule has 2 aromatic rings. The van der Waals surface area contributed by atoms with Crippen molar-refractivity contribution in [3.8, 4) is 0 Å². The summed E-state index contributed by atoms with van der Waals surface area (Å²) in [7, 11) is -4.06. The molecule has 0 fully saturated rings. The highest BCUT2D eigenvalue weighted by molar-refractivity contribution is 7.92. The van der Waals surface area contributed by atoms with Crippen molar-refractivity contribution in [2.24, 2.45) is 0 Å². The molecule has 6 nitrogen and oxygen atoms in total. The molecule has 0 radical (unpaired) electrons. The second kappa shape index (κ2) is 4.97. The minimum atomic E-state index is -4.06. The maximum absolute atomic E-state index is 13.1. The Kier molecular flexibility index (Phi) is 3.49. The molecule has 20 heavy (non-hydrogen) atoms. The zero-order valence-electron chi connectivity index (χ0n) is 10.3. The van der Waals surface area contributed by atoms with E-state index in [-0.39, 0.29) is 11.3 Å². The minimum Gasteiger partial charge on any atom is -0.475 e. The van der Waals surface area contributed by atoms with Gasteiger partial charge in [0.1, 0.15) is 5.82 Å². The smallest absolute Gasteiger partial charge is 0.371 e. The number of carboxylic acid groups (broad SMARTS) is 1. The largest absolute Gasteiger partial charge is 0.475 e. The van der Waals surface area contributed by atoms with Crippen LogP contribution in [-0.4, -0.2) is 19.5 Å². The van der Waals surface area contributed by atoms with Crippen LogP contribution in [-0.2, 0) is 10.0 Å².